The highest BCUT2D eigenvalue weighted by molar-refractivity contribution is 5.27. The maximum atomic E-state index is 8.63. The first-order chi connectivity index (χ1) is 10.8. The summed E-state index contributed by atoms with van der Waals surface area (Å²) < 4.78 is 10.5. The van der Waals surface area contributed by atoms with Crippen LogP contribution in [0.15, 0.2) is 24.3 Å². The van der Waals surface area contributed by atoms with Crippen LogP contribution in [0.2, 0.25) is 0 Å². The van der Waals surface area contributed by atoms with E-state index in [0.717, 1.165) is 45.0 Å². The maximum absolute atomic E-state index is 8.63. The molecule has 22 heavy (non-hydrogen) atoms. The predicted octanol–water partition coefficient (Wildman–Crippen LogP) is 1.74. The van der Waals surface area contributed by atoms with E-state index < -0.39 is 0 Å². The van der Waals surface area contributed by atoms with Crippen LogP contribution >= 0.6 is 0 Å². The summed E-state index contributed by atoms with van der Waals surface area (Å²) in [5.41, 5.74) is 1.31. The van der Waals surface area contributed by atoms with Crippen molar-refractivity contribution in [2.45, 2.75) is 13.0 Å². The lowest BCUT2D eigenvalue weighted by molar-refractivity contribution is 0.129. The van der Waals surface area contributed by atoms with E-state index in [1.165, 1.54) is 5.56 Å². The van der Waals surface area contributed by atoms with Crippen molar-refractivity contribution in [3.8, 4) is 11.8 Å². The largest absolute Gasteiger partial charge is 0.491 e. The van der Waals surface area contributed by atoms with Gasteiger partial charge in [-0.2, -0.15) is 5.26 Å². The number of piperazine rings is 1. The Morgan fingerprint density at radius 2 is 1.73 bits per heavy atom. The van der Waals surface area contributed by atoms with Crippen molar-refractivity contribution in [3.05, 3.63) is 29.8 Å². The van der Waals surface area contributed by atoms with Gasteiger partial charge in [0.1, 0.15) is 12.4 Å². The Bertz CT molecular complexity index is 462. The van der Waals surface area contributed by atoms with Gasteiger partial charge in [-0.05, 0) is 17.7 Å². The average Bonchev–Trinajstić information content (AvgIpc) is 2.56. The molecule has 5 heteroatoms. The lowest BCUT2D eigenvalue weighted by Crippen LogP contribution is -2.46. The van der Waals surface area contributed by atoms with Gasteiger partial charge in [0.25, 0.3) is 0 Å². The molecule has 0 radical (unpaired) electrons. The van der Waals surface area contributed by atoms with Crippen LogP contribution in [-0.4, -0.2) is 62.8 Å². The number of hydrogen-bond acceptors (Lipinski definition) is 5. The Kier molecular flexibility index (Phi) is 7.17. The van der Waals surface area contributed by atoms with Gasteiger partial charge >= 0.3 is 0 Å². The fourth-order valence-corrected chi connectivity index (χ4v) is 2.57. The van der Waals surface area contributed by atoms with Gasteiger partial charge < -0.3 is 9.47 Å². The first-order valence-corrected chi connectivity index (χ1v) is 7.84. The molecule has 1 aromatic rings. The van der Waals surface area contributed by atoms with Crippen LogP contribution in [0.5, 0.6) is 5.75 Å². The van der Waals surface area contributed by atoms with Crippen molar-refractivity contribution in [2.75, 3.05) is 53.0 Å². The molecule has 0 aliphatic carbocycles. The van der Waals surface area contributed by atoms with Crippen LogP contribution in [0.3, 0.4) is 0 Å². The van der Waals surface area contributed by atoms with Gasteiger partial charge in [0, 0.05) is 52.8 Å². The standard InChI is InChI=1S/C17H25N3O2/c1-21-13-14-22-17-5-3-16(4-6-17)15-20-11-9-19(10-12-20)8-2-7-18/h3-6H,2,8-15H2,1H3. The minimum absolute atomic E-state index is 0.584. The average molecular weight is 303 g/mol. The van der Waals surface area contributed by atoms with Gasteiger partial charge in [-0.1, -0.05) is 12.1 Å². The fraction of sp³-hybridized carbons (Fsp3) is 0.588. The second-order valence-corrected chi connectivity index (χ2v) is 5.51. The SMILES string of the molecule is COCCOc1ccc(CN2CCN(CCC#N)CC2)cc1. The number of ether oxygens (including phenoxy) is 2. The van der Waals surface area contributed by atoms with Gasteiger partial charge in [-0.3, -0.25) is 9.80 Å². The highest BCUT2D eigenvalue weighted by atomic mass is 16.5. The molecule has 1 aliphatic rings. The molecule has 0 N–H and O–H groups in total. The highest BCUT2D eigenvalue weighted by Crippen LogP contribution is 2.14. The van der Waals surface area contributed by atoms with Gasteiger partial charge in [-0.25, -0.2) is 0 Å². The molecule has 0 aromatic heterocycles. The smallest absolute Gasteiger partial charge is 0.119 e. The third-order valence-corrected chi connectivity index (χ3v) is 3.89. The van der Waals surface area contributed by atoms with Gasteiger partial charge in [0.05, 0.1) is 12.7 Å². The molecule has 0 bridgehead atoms. The predicted molar refractivity (Wildman–Crippen MR) is 85.8 cm³/mol. The van der Waals surface area contributed by atoms with E-state index in [4.69, 9.17) is 14.7 Å². The fourth-order valence-electron chi connectivity index (χ4n) is 2.57. The lowest BCUT2D eigenvalue weighted by Gasteiger charge is -2.34. The van der Waals surface area contributed by atoms with Crippen molar-refractivity contribution in [1.29, 1.82) is 5.26 Å². The topological polar surface area (TPSA) is 48.7 Å². The van der Waals surface area contributed by atoms with E-state index in [1.807, 2.05) is 12.1 Å². The maximum Gasteiger partial charge on any atom is 0.119 e. The zero-order chi connectivity index (χ0) is 15.6. The van der Waals surface area contributed by atoms with Crippen LogP contribution in [0.1, 0.15) is 12.0 Å². The zero-order valence-corrected chi connectivity index (χ0v) is 13.3. The Morgan fingerprint density at radius 1 is 1.05 bits per heavy atom. The summed E-state index contributed by atoms with van der Waals surface area (Å²) in [7, 11) is 1.67. The molecule has 1 aliphatic heterocycles. The summed E-state index contributed by atoms with van der Waals surface area (Å²) in [5.74, 6) is 0.891. The molecule has 120 valence electrons. The van der Waals surface area contributed by atoms with E-state index in [9.17, 15) is 0 Å². The summed E-state index contributed by atoms with van der Waals surface area (Å²) in [4.78, 5) is 4.83. The van der Waals surface area contributed by atoms with Crippen molar-refractivity contribution in [2.24, 2.45) is 0 Å². The highest BCUT2D eigenvalue weighted by Gasteiger charge is 2.16. The monoisotopic (exact) mass is 303 g/mol. The number of benzene rings is 1. The van der Waals surface area contributed by atoms with E-state index >= 15 is 0 Å². The summed E-state index contributed by atoms with van der Waals surface area (Å²) in [6.07, 6.45) is 0.629. The summed E-state index contributed by atoms with van der Waals surface area (Å²) in [6.45, 7) is 7.31. The number of rotatable bonds is 8. The first-order valence-electron chi connectivity index (χ1n) is 7.84. The van der Waals surface area contributed by atoms with E-state index in [1.54, 1.807) is 7.11 Å². The molecule has 0 atom stereocenters. The minimum Gasteiger partial charge on any atom is -0.491 e. The summed E-state index contributed by atoms with van der Waals surface area (Å²) >= 11 is 0. The second kappa shape index (κ2) is 9.42. The van der Waals surface area contributed by atoms with Crippen LogP contribution in [0.4, 0.5) is 0 Å². The van der Waals surface area contributed by atoms with Crippen LogP contribution in [-0.2, 0) is 11.3 Å². The van der Waals surface area contributed by atoms with E-state index in [0.29, 0.717) is 19.6 Å². The molecular formula is C17H25N3O2. The Morgan fingerprint density at radius 3 is 2.36 bits per heavy atom. The Labute approximate surface area is 133 Å². The molecule has 5 nitrogen and oxygen atoms in total. The third-order valence-electron chi connectivity index (χ3n) is 3.89. The van der Waals surface area contributed by atoms with Crippen molar-refractivity contribution >= 4 is 0 Å². The minimum atomic E-state index is 0.584. The molecule has 0 saturated carbocycles. The number of nitrogens with zero attached hydrogens (tertiary/aromatic N) is 3. The molecule has 1 aromatic carbocycles. The van der Waals surface area contributed by atoms with Crippen molar-refractivity contribution in [3.63, 3.8) is 0 Å². The second-order valence-electron chi connectivity index (χ2n) is 5.51. The Balaban J connectivity index is 1.72. The van der Waals surface area contributed by atoms with E-state index in [-0.39, 0.29) is 0 Å². The van der Waals surface area contributed by atoms with Crippen LogP contribution < -0.4 is 4.74 Å². The van der Waals surface area contributed by atoms with Gasteiger partial charge in [-0.15, -0.1) is 0 Å². The van der Waals surface area contributed by atoms with Gasteiger partial charge in [0.15, 0.2) is 0 Å². The van der Waals surface area contributed by atoms with Crippen molar-refractivity contribution in [1.82, 2.24) is 9.80 Å². The van der Waals surface area contributed by atoms with Crippen molar-refractivity contribution < 1.29 is 9.47 Å². The number of hydrogen-bond donors (Lipinski definition) is 0. The zero-order valence-electron chi connectivity index (χ0n) is 13.3. The summed E-state index contributed by atoms with van der Waals surface area (Å²) in [6, 6.07) is 10.5. The quantitative estimate of drug-likeness (QED) is 0.685. The first kappa shape index (κ1) is 16.8. The number of nitriles is 1. The number of methoxy groups -OCH3 is 1. The molecule has 0 spiro atoms. The molecular weight excluding hydrogens is 278 g/mol. The van der Waals surface area contributed by atoms with Crippen LogP contribution in [0, 0.1) is 11.3 Å². The molecule has 0 unspecified atom stereocenters. The molecule has 2 rings (SSSR count). The summed E-state index contributed by atoms with van der Waals surface area (Å²) in [5, 5.41) is 8.63. The third kappa shape index (κ3) is 5.64. The molecule has 1 heterocycles. The Hall–Kier alpha value is -1.61. The van der Waals surface area contributed by atoms with E-state index in [2.05, 4.69) is 28.0 Å². The van der Waals surface area contributed by atoms with Gasteiger partial charge in [0.2, 0.25) is 0 Å². The lowest BCUT2D eigenvalue weighted by atomic mass is 10.2. The molecule has 0 amide bonds. The normalized spacial score (nSPS) is 16.4. The van der Waals surface area contributed by atoms with Crippen LogP contribution in [0.25, 0.3) is 0 Å². The molecule has 1 saturated heterocycles. The molecule has 1 fully saturated rings.